The predicted molar refractivity (Wildman–Crippen MR) is 51.5 cm³/mol. The number of aromatic nitrogens is 1. The number of hydrogen-bond donors (Lipinski definition) is 0. The Labute approximate surface area is 78.9 Å². The van der Waals surface area contributed by atoms with Gasteiger partial charge in [0.2, 0.25) is 0 Å². The van der Waals surface area contributed by atoms with Gasteiger partial charge < -0.3 is 4.74 Å². The lowest BCUT2D eigenvalue weighted by molar-refractivity contribution is 0.0663. The van der Waals surface area contributed by atoms with E-state index >= 15 is 0 Å². The minimum Gasteiger partial charge on any atom is -0.381 e. The van der Waals surface area contributed by atoms with Gasteiger partial charge in [-0.05, 0) is 37.3 Å². The first kappa shape index (κ1) is 8.70. The number of rotatable bonds is 2. The second-order valence-electron chi connectivity index (χ2n) is 3.58. The monoisotopic (exact) mass is 177 g/mol. The Bertz CT molecular complexity index is 242. The van der Waals surface area contributed by atoms with E-state index in [1.54, 1.807) is 0 Å². The fourth-order valence-corrected chi connectivity index (χ4v) is 1.77. The van der Waals surface area contributed by atoms with Crippen molar-refractivity contribution in [3.05, 3.63) is 30.1 Å². The van der Waals surface area contributed by atoms with Crippen LogP contribution in [0.2, 0.25) is 0 Å². The standard InChI is InChI=1S/C11H15NO/c1-2-6-12-11(3-1)9-10-4-7-13-8-5-10/h1-3,6,10H,4-5,7-9H2. The lowest BCUT2D eigenvalue weighted by Gasteiger charge is -2.21. The largest absolute Gasteiger partial charge is 0.381 e. The van der Waals surface area contributed by atoms with Crippen LogP contribution in [0.3, 0.4) is 0 Å². The van der Waals surface area contributed by atoms with Crippen LogP contribution in [0, 0.1) is 5.92 Å². The smallest absolute Gasteiger partial charge is 0.0468 e. The maximum atomic E-state index is 5.32. The Balaban J connectivity index is 1.90. The molecule has 1 fully saturated rings. The highest BCUT2D eigenvalue weighted by atomic mass is 16.5. The zero-order chi connectivity index (χ0) is 8.93. The van der Waals surface area contributed by atoms with E-state index in [9.17, 15) is 0 Å². The highest BCUT2D eigenvalue weighted by Gasteiger charge is 2.14. The molecule has 0 amide bonds. The van der Waals surface area contributed by atoms with E-state index in [2.05, 4.69) is 17.1 Å². The van der Waals surface area contributed by atoms with Crippen LogP contribution in [-0.2, 0) is 11.2 Å². The maximum absolute atomic E-state index is 5.32. The Morgan fingerprint density at radius 2 is 2.15 bits per heavy atom. The van der Waals surface area contributed by atoms with Gasteiger partial charge in [0.05, 0.1) is 0 Å². The van der Waals surface area contributed by atoms with Crippen molar-refractivity contribution in [3.63, 3.8) is 0 Å². The van der Waals surface area contributed by atoms with Crippen molar-refractivity contribution in [2.45, 2.75) is 19.3 Å². The highest BCUT2D eigenvalue weighted by molar-refractivity contribution is 5.04. The zero-order valence-electron chi connectivity index (χ0n) is 7.78. The quantitative estimate of drug-likeness (QED) is 0.689. The molecule has 1 saturated heterocycles. The van der Waals surface area contributed by atoms with E-state index in [0.717, 1.165) is 25.6 Å². The molecule has 13 heavy (non-hydrogen) atoms. The molecule has 70 valence electrons. The summed E-state index contributed by atoms with van der Waals surface area (Å²) in [6.45, 7) is 1.86. The predicted octanol–water partition coefficient (Wildman–Crippen LogP) is 2.05. The SMILES string of the molecule is c1ccc(CC2CCOCC2)nc1. The molecule has 0 spiro atoms. The van der Waals surface area contributed by atoms with Crippen molar-refractivity contribution in [1.82, 2.24) is 4.98 Å². The van der Waals surface area contributed by atoms with Crippen molar-refractivity contribution in [2.24, 2.45) is 5.92 Å². The van der Waals surface area contributed by atoms with E-state index in [1.165, 1.54) is 18.5 Å². The number of ether oxygens (including phenoxy) is 1. The zero-order valence-corrected chi connectivity index (χ0v) is 7.78. The molecular weight excluding hydrogens is 162 g/mol. The van der Waals surface area contributed by atoms with E-state index in [0.29, 0.717) is 0 Å². The summed E-state index contributed by atoms with van der Waals surface area (Å²) in [6.07, 6.45) is 5.37. The third kappa shape index (κ3) is 2.52. The van der Waals surface area contributed by atoms with Crippen LogP contribution < -0.4 is 0 Å². The van der Waals surface area contributed by atoms with Gasteiger partial charge in [-0.1, -0.05) is 6.07 Å². The van der Waals surface area contributed by atoms with Crippen molar-refractivity contribution < 1.29 is 4.74 Å². The summed E-state index contributed by atoms with van der Waals surface area (Å²) in [5.41, 5.74) is 1.22. The van der Waals surface area contributed by atoms with Crippen LogP contribution in [0.5, 0.6) is 0 Å². The summed E-state index contributed by atoms with van der Waals surface area (Å²) in [5.74, 6) is 0.781. The first-order valence-corrected chi connectivity index (χ1v) is 4.93. The molecular formula is C11H15NO. The molecule has 0 saturated carbocycles. The van der Waals surface area contributed by atoms with E-state index < -0.39 is 0 Å². The average Bonchev–Trinajstić information content (AvgIpc) is 2.21. The maximum Gasteiger partial charge on any atom is 0.0468 e. The van der Waals surface area contributed by atoms with Gasteiger partial charge in [-0.15, -0.1) is 0 Å². The Morgan fingerprint density at radius 1 is 1.31 bits per heavy atom. The Kier molecular flexibility index (Phi) is 2.93. The fraction of sp³-hybridized carbons (Fsp3) is 0.545. The summed E-state index contributed by atoms with van der Waals surface area (Å²) in [6, 6.07) is 6.13. The lowest BCUT2D eigenvalue weighted by Crippen LogP contribution is -2.17. The van der Waals surface area contributed by atoms with Crippen molar-refractivity contribution >= 4 is 0 Å². The molecule has 0 aliphatic carbocycles. The van der Waals surface area contributed by atoms with Gasteiger partial charge in [0.1, 0.15) is 0 Å². The molecule has 2 rings (SSSR count). The molecule has 1 aliphatic heterocycles. The van der Waals surface area contributed by atoms with Crippen molar-refractivity contribution in [3.8, 4) is 0 Å². The van der Waals surface area contributed by atoms with Gasteiger partial charge in [-0.3, -0.25) is 4.98 Å². The highest BCUT2D eigenvalue weighted by Crippen LogP contribution is 2.18. The third-order valence-corrected chi connectivity index (χ3v) is 2.56. The molecule has 0 atom stereocenters. The van der Waals surface area contributed by atoms with Gasteiger partial charge in [0.15, 0.2) is 0 Å². The number of nitrogens with zero attached hydrogens (tertiary/aromatic N) is 1. The molecule has 0 aromatic carbocycles. The first-order chi connectivity index (χ1) is 6.45. The van der Waals surface area contributed by atoms with E-state index in [1.807, 2.05) is 12.3 Å². The molecule has 0 N–H and O–H groups in total. The lowest BCUT2D eigenvalue weighted by atomic mass is 9.95. The Hall–Kier alpha value is -0.890. The summed E-state index contributed by atoms with van der Waals surface area (Å²) in [7, 11) is 0. The molecule has 2 heterocycles. The second-order valence-corrected chi connectivity index (χ2v) is 3.58. The fourth-order valence-electron chi connectivity index (χ4n) is 1.77. The van der Waals surface area contributed by atoms with E-state index in [4.69, 9.17) is 4.74 Å². The second kappa shape index (κ2) is 4.38. The molecule has 2 nitrogen and oxygen atoms in total. The third-order valence-electron chi connectivity index (χ3n) is 2.56. The topological polar surface area (TPSA) is 22.1 Å². The van der Waals surface area contributed by atoms with Gasteiger partial charge in [0.25, 0.3) is 0 Å². The summed E-state index contributed by atoms with van der Waals surface area (Å²) < 4.78 is 5.32. The average molecular weight is 177 g/mol. The Morgan fingerprint density at radius 3 is 2.85 bits per heavy atom. The molecule has 1 aliphatic rings. The molecule has 1 aromatic heterocycles. The van der Waals surface area contributed by atoms with Crippen LogP contribution in [0.25, 0.3) is 0 Å². The summed E-state index contributed by atoms with van der Waals surface area (Å²) in [4.78, 5) is 4.33. The van der Waals surface area contributed by atoms with E-state index in [-0.39, 0.29) is 0 Å². The van der Waals surface area contributed by atoms with Crippen LogP contribution in [0.4, 0.5) is 0 Å². The number of hydrogen-bond acceptors (Lipinski definition) is 2. The van der Waals surface area contributed by atoms with Crippen LogP contribution >= 0.6 is 0 Å². The molecule has 2 heteroatoms. The number of pyridine rings is 1. The van der Waals surface area contributed by atoms with Gasteiger partial charge in [-0.25, -0.2) is 0 Å². The summed E-state index contributed by atoms with van der Waals surface area (Å²) >= 11 is 0. The van der Waals surface area contributed by atoms with Crippen molar-refractivity contribution in [1.29, 1.82) is 0 Å². The normalized spacial score (nSPS) is 18.8. The van der Waals surface area contributed by atoms with Crippen LogP contribution in [0.1, 0.15) is 18.5 Å². The minimum absolute atomic E-state index is 0.781. The van der Waals surface area contributed by atoms with Gasteiger partial charge in [-0.2, -0.15) is 0 Å². The summed E-state index contributed by atoms with van der Waals surface area (Å²) in [5, 5.41) is 0. The van der Waals surface area contributed by atoms with Crippen molar-refractivity contribution in [2.75, 3.05) is 13.2 Å². The molecule has 0 bridgehead atoms. The first-order valence-electron chi connectivity index (χ1n) is 4.93. The van der Waals surface area contributed by atoms with Crippen LogP contribution in [-0.4, -0.2) is 18.2 Å². The molecule has 0 radical (unpaired) electrons. The molecule has 1 aromatic rings. The van der Waals surface area contributed by atoms with Gasteiger partial charge >= 0.3 is 0 Å². The van der Waals surface area contributed by atoms with Gasteiger partial charge in [0, 0.05) is 25.1 Å². The van der Waals surface area contributed by atoms with Crippen LogP contribution in [0.15, 0.2) is 24.4 Å². The molecule has 0 unspecified atom stereocenters. The minimum atomic E-state index is 0.781.